The summed E-state index contributed by atoms with van der Waals surface area (Å²) in [6, 6.07) is 6.31. The van der Waals surface area contributed by atoms with Gasteiger partial charge in [-0.2, -0.15) is 0 Å². The molecule has 0 fully saturated rings. The van der Waals surface area contributed by atoms with Gasteiger partial charge in [-0.3, -0.25) is 0 Å². The van der Waals surface area contributed by atoms with Crippen LogP contribution in [0.3, 0.4) is 0 Å². The Labute approximate surface area is 119 Å². The van der Waals surface area contributed by atoms with E-state index in [4.69, 9.17) is 4.74 Å². The molecule has 0 heterocycles. The summed E-state index contributed by atoms with van der Waals surface area (Å²) >= 11 is 3.53. The second-order valence-corrected chi connectivity index (χ2v) is 6.18. The van der Waals surface area contributed by atoms with Crippen LogP contribution in [0.4, 0.5) is 0 Å². The fourth-order valence-corrected chi connectivity index (χ4v) is 2.52. The molecule has 0 amide bonds. The molecule has 1 unspecified atom stereocenters. The van der Waals surface area contributed by atoms with Gasteiger partial charge < -0.3 is 10.1 Å². The summed E-state index contributed by atoms with van der Waals surface area (Å²) < 4.78 is 6.27. The van der Waals surface area contributed by atoms with Crippen molar-refractivity contribution in [3.05, 3.63) is 28.2 Å². The van der Waals surface area contributed by atoms with Crippen LogP contribution < -0.4 is 10.1 Å². The lowest BCUT2D eigenvalue weighted by Gasteiger charge is -2.14. The molecule has 1 N–H and O–H groups in total. The molecule has 102 valence electrons. The van der Waals surface area contributed by atoms with Gasteiger partial charge >= 0.3 is 0 Å². The Morgan fingerprint density at radius 3 is 2.50 bits per heavy atom. The monoisotopic (exact) mass is 313 g/mol. The van der Waals surface area contributed by atoms with Gasteiger partial charge in [-0.05, 0) is 65.0 Å². The minimum atomic E-state index is 0.643. The minimum Gasteiger partial charge on any atom is -0.496 e. The Morgan fingerprint density at radius 1 is 1.22 bits per heavy atom. The van der Waals surface area contributed by atoms with E-state index in [2.05, 4.69) is 54.2 Å². The van der Waals surface area contributed by atoms with E-state index in [9.17, 15) is 0 Å². The van der Waals surface area contributed by atoms with Crippen LogP contribution in [-0.2, 0) is 6.42 Å². The van der Waals surface area contributed by atoms with E-state index in [0.29, 0.717) is 11.8 Å². The molecule has 3 heteroatoms. The number of nitrogens with one attached hydrogen (secondary N) is 1. The van der Waals surface area contributed by atoms with E-state index in [1.807, 2.05) is 6.07 Å². The second kappa shape index (κ2) is 7.80. The normalized spacial score (nSPS) is 12.8. The van der Waals surface area contributed by atoms with Crippen molar-refractivity contribution in [2.75, 3.05) is 20.2 Å². The largest absolute Gasteiger partial charge is 0.496 e. The molecule has 0 aromatic heterocycles. The molecule has 0 aliphatic carbocycles. The van der Waals surface area contributed by atoms with Crippen LogP contribution in [0.5, 0.6) is 5.75 Å². The first-order valence-corrected chi connectivity index (χ1v) is 7.35. The third-order valence-electron chi connectivity index (χ3n) is 2.85. The van der Waals surface area contributed by atoms with E-state index in [0.717, 1.165) is 29.7 Å². The molecule has 2 nitrogen and oxygen atoms in total. The number of hydrogen-bond donors (Lipinski definition) is 1. The molecule has 0 saturated heterocycles. The van der Waals surface area contributed by atoms with E-state index >= 15 is 0 Å². The molecule has 0 saturated carbocycles. The highest BCUT2D eigenvalue weighted by molar-refractivity contribution is 9.10. The van der Waals surface area contributed by atoms with Crippen molar-refractivity contribution in [1.82, 2.24) is 5.32 Å². The van der Waals surface area contributed by atoms with Crippen molar-refractivity contribution in [3.8, 4) is 5.75 Å². The van der Waals surface area contributed by atoms with Crippen LogP contribution in [0, 0.1) is 11.8 Å². The molecule has 18 heavy (non-hydrogen) atoms. The summed E-state index contributed by atoms with van der Waals surface area (Å²) in [6.07, 6.45) is 1.09. The van der Waals surface area contributed by atoms with E-state index < -0.39 is 0 Å². The van der Waals surface area contributed by atoms with Gasteiger partial charge in [0.05, 0.1) is 11.6 Å². The highest BCUT2D eigenvalue weighted by Gasteiger charge is 2.06. The van der Waals surface area contributed by atoms with Gasteiger partial charge in [0, 0.05) is 0 Å². The van der Waals surface area contributed by atoms with Crippen molar-refractivity contribution in [1.29, 1.82) is 0 Å². The quantitative estimate of drug-likeness (QED) is 0.824. The van der Waals surface area contributed by atoms with Crippen molar-refractivity contribution >= 4 is 15.9 Å². The van der Waals surface area contributed by atoms with Crippen LogP contribution in [0.15, 0.2) is 22.7 Å². The number of halogens is 1. The smallest absolute Gasteiger partial charge is 0.133 e. The molecule has 0 spiro atoms. The number of methoxy groups -OCH3 is 1. The number of benzene rings is 1. The lowest BCUT2D eigenvalue weighted by Crippen LogP contribution is -2.26. The van der Waals surface area contributed by atoms with Crippen LogP contribution in [-0.4, -0.2) is 20.2 Å². The SMILES string of the molecule is COc1ccc(CC(C)CNCC(C)C)cc1Br. The Kier molecular flexibility index (Phi) is 6.72. The highest BCUT2D eigenvalue weighted by atomic mass is 79.9. The van der Waals surface area contributed by atoms with Gasteiger partial charge in [-0.25, -0.2) is 0 Å². The maximum absolute atomic E-state index is 5.24. The minimum absolute atomic E-state index is 0.643. The average Bonchev–Trinajstić information content (AvgIpc) is 2.28. The summed E-state index contributed by atoms with van der Waals surface area (Å²) in [6.45, 7) is 8.92. The fraction of sp³-hybridized carbons (Fsp3) is 0.600. The Hall–Kier alpha value is -0.540. The maximum Gasteiger partial charge on any atom is 0.133 e. The van der Waals surface area contributed by atoms with Gasteiger partial charge in [-0.15, -0.1) is 0 Å². The average molecular weight is 314 g/mol. The predicted octanol–water partition coefficient (Wildman–Crippen LogP) is 3.88. The first-order chi connectivity index (χ1) is 8.52. The molecule has 1 rings (SSSR count). The van der Waals surface area contributed by atoms with E-state index in [-0.39, 0.29) is 0 Å². The maximum atomic E-state index is 5.24. The van der Waals surface area contributed by atoms with Gasteiger partial charge in [-0.1, -0.05) is 26.8 Å². The molecule has 0 aliphatic heterocycles. The molecule has 1 atom stereocenters. The summed E-state index contributed by atoms with van der Waals surface area (Å²) in [5.74, 6) is 2.25. The molecule has 1 aromatic rings. The van der Waals surface area contributed by atoms with Crippen molar-refractivity contribution in [2.24, 2.45) is 11.8 Å². The third kappa shape index (κ3) is 5.40. The topological polar surface area (TPSA) is 21.3 Å². The fourth-order valence-electron chi connectivity index (χ4n) is 1.93. The lowest BCUT2D eigenvalue weighted by atomic mass is 10.0. The van der Waals surface area contributed by atoms with Crippen LogP contribution in [0.25, 0.3) is 0 Å². The molecule has 0 aliphatic rings. The van der Waals surface area contributed by atoms with Gasteiger partial charge in [0.1, 0.15) is 5.75 Å². The van der Waals surface area contributed by atoms with E-state index in [1.165, 1.54) is 5.56 Å². The summed E-state index contributed by atoms with van der Waals surface area (Å²) in [7, 11) is 1.69. The predicted molar refractivity (Wildman–Crippen MR) is 81.3 cm³/mol. The number of rotatable bonds is 7. The standard InChI is InChI=1S/C15H24BrNO/c1-11(2)9-17-10-12(3)7-13-5-6-15(18-4)14(16)8-13/h5-6,8,11-12,17H,7,9-10H2,1-4H3. The summed E-state index contributed by atoms with van der Waals surface area (Å²) in [5.41, 5.74) is 1.35. The summed E-state index contributed by atoms with van der Waals surface area (Å²) in [4.78, 5) is 0. The zero-order valence-corrected chi connectivity index (χ0v) is 13.4. The van der Waals surface area contributed by atoms with Gasteiger partial charge in [0.2, 0.25) is 0 Å². The van der Waals surface area contributed by atoms with Crippen LogP contribution >= 0.6 is 15.9 Å². The third-order valence-corrected chi connectivity index (χ3v) is 3.47. The Bertz CT molecular complexity index is 366. The zero-order valence-electron chi connectivity index (χ0n) is 11.8. The van der Waals surface area contributed by atoms with E-state index in [1.54, 1.807) is 7.11 Å². The Morgan fingerprint density at radius 2 is 1.94 bits per heavy atom. The second-order valence-electron chi connectivity index (χ2n) is 5.33. The van der Waals surface area contributed by atoms with Crippen molar-refractivity contribution in [2.45, 2.75) is 27.2 Å². The van der Waals surface area contributed by atoms with Crippen LogP contribution in [0.1, 0.15) is 26.3 Å². The zero-order chi connectivity index (χ0) is 13.5. The molecular weight excluding hydrogens is 290 g/mol. The Balaban J connectivity index is 2.44. The molecule has 0 radical (unpaired) electrons. The highest BCUT2D eigenvalue weighted by Crippen LogP contribution is 2.26. The van der Waals surface area contributed by atoms with Gasteiger partial charge in [0.25, 0.3) is 0 Å². The number of ether oxygens (including phenoxy) is 1. The summed E-state index contributed by atoms with van der Waals surface area (Å²) in [5, 5.41) is 3.51. The first kappa shape index (κ1) is 15.5. The molecule has 0 bridgehead atoms. The molecule has 1 aromatic carbocycles. The first-order valence-electron chi connectivity index (χ1n) is 6.56. The molecular formula is C15H24BrNO. The van der Waals surface area contributed by atoms with Crippen LogP contribution in [0.2, 0.25) is 0 Å². The van der Waals surface area contributed by atoms with Crippen molar-refractivity contribution in [3.63, 3.8) is 0 Å². The lowest BCUT2D eigenvalue weighted by molar-refractivity contribution is 0.411. The number of hydrogen-bond acceptors (Lipinski definition) is 2. The van der Waals surface area contributed by atoms with Gasteiger partial charge in [0.15, 0.2) is 0 Å². The van der Waals surface area contributed by atoms with Crippen molar-refractivity contribution < 1.29 is 4.74 Å².